The monoisotopic (exact) mass is 424 g/mol. The summed E-state index contributed by atoms with van der Waals surface area (Å²) < 4.78 is 17.3. The van der Waals surface area contributed by atoms with Gasteiger partial charge in [-0.25, -0.2) is 0 Å². The maximum Gasteiger partial charge on any atom is 0.253 e. The first-order valence-corrected chi connectivity index (χ1v) is 11.1. The summed E-state index contributed by atoms with van der Waals surface area (Å²) in [7, 11) is 0. The summed E-state index contributed by atoms with van der Waals surface area (Å²) in [5.41, 5.74) is 2.29. The summed E-state index contributed by atoms with van der Waals surface area (Å²) in [5, 5.41) is 0. The van der Waals surface area contributed by atoms with E-state index in [-0.39, 0.29) is 5.91 Å². The number of morpholine rings is 1. The number of nitrogens with zero attached hydrogens (tertiary/aromatic N) is 2. The highest BCUT2D eigenvalue weighted by Gasteiger charge is 2.31. The van der Waals surface area contributed by atoms with Gasteiger partial charge in [-0.15, -0.1) is 0 Å². The van der Waals surface area contributed by atoms with Gasteiger partial charge in [0.2, 0.25) is 0 Å². The van der Waals surface area contributed by atoms with Gasteiger partial charge in [0.1, 0.15) is 19.3 Å². The molecule has 0 N–H and O–H groups in total. The van der Waals surface area contributed by atoms with Crippen LogP contribution in [0.4, 0.5) is 0 Å². The normalized spacial score (nSPS) is 18.7. The van der Waals surface area contributed by atoms with Gasteiger partial charge in [0.05, 0.1) is 6.61 Å². The zero-order chi connectivity index (χ0) is 21.6. The second-order valence-corrected chi connectivity index (χ2v) is 8.67. The molecular weight excluding hydrogens is 392 g/mol. The molecule has 31 heavy (non-hydrogen) atoms. The van der Waals surface area contributed by atoms with Crippen molar-refractivity contribution in [2.75, 3.05) is 39.5 Å². The molecule has 0 bridgehead atoms. The molecule has 1 saturated heterocycles. The Morgan fingerprint density at radius 1 is 1.03 bits per heavy atom. The van der Waals surface area contributed by atoms with E-state index >= 15 is 0 Å². The van der Waals surface area contributed by atoms with Crippen LogP contribution in [0.3, 0.4) is 0 Å². The second kappa shape index (κ2) is 10.2. The quantitative estimate of drug-likeness (QED) is 0.682. The van der Waals surface area contributed by atoms with Crippen molar-refractivity contribution >= 4 is 5.91 Å². The fourth-order valence-electron chi connectivity index (χ4n) is 4.12. The first-order chi connectivity index (χ1) is 15.1. The summed E-state index contributed by atoms with van der Waals surface area (Å²) in [5.74, 6) is 1.94. The molecule has 1 atom stereocenters. The fourth-order valence-corrected chi connectivity index (χ4v) is 4.12. The molecule has 0 unspecified atom stereocenters. The van der Waals surface area contributed by atoms with Crippen molar-refractivity contribution in [2.45, 2.75) is 33.0 Å². The molecule has 0 radical (unpaired) electrons. The van der Waals surface area contributed by atoms with Crippen LogP contribution in [0.25, 0.3) is 0 Å². The van der Waals surface area contributed by atoms with Crippen LogP contribution in [0.2, 0.25) is 0 Å². The molecule has 0 spiro atoms. The van der Waals surface area contributed by atoms with Crippen LogP contribution in [-0.2, 0) is 22.6 Å². The van der Waals surface area contributed by atoms with E-state index in [2.05, 4.69) is 43.0 Å². The summed E-state index contributed by atoms with van der Waals surface area (Å²) in [6.45, 7) is 9.47. The number of hydrogen-bond acceptors (Lipinski definition) is 5. The Balaban J connectivity index is 1.43. The SMILES string of the molecule is CC(C)CN(Cc1ccc2c(c1)OCCO2)C(=O)[C@H]1CN(Cc2ccccc2)CCO1. The number of hydrogen-bond donors (Lipinski definition) is 0. The molecule has 2 aromatic carbocycles. The minimum absolute atomic E-state index is 0.0568. The molecule has 2 aliphatic rings. The first-order valence-electron chi connectivity index (χ1n) is 11.1. The Kier molecular flexibility index (Phi) is 7.10. The van der Waals surface area contributed by atoms with Crippen molar-refractivity contribution in [3.05, 3.63) is 59.7 Å². The summed E-state index contributed by atoms with van der Waals surface area (Å²) >= 11 is 0. The van der Waals surface area contributed by atoms with Crippen LogP contribution in [-0.4, -0.2) is 61.3 Å². The minimum Gasteiger partial charge on any atom is -0.486 e. The molecule has 6 heteroatoms. The number of benzene rings is 2. The molecule has 2 aliphatic heterocycles. The van der Waals surface area contributed by atoms with E-state index in [1.165, 1.54) is 5.56 Å². The standard InChI is InChI=1S/C25H32N2O4/c1-19(2)15-27(17-21-8-9-22-23(14-21)31-13-12-30-22)25(28)24-18-26(10-11-29-24)16-20-6-4-3-5-7-20/h3-9,14,19,24H,10-13,15-18H2,1-2H3/t24-/m1/s1. The van der Waals surface area contributed by atoms with Crippen LogP contribution in [0.5, 0.6) is 11.5 Å². The van der Waals surface area contributed by atoms with Crippen molar-refractivity contribution in [1.29, 1.82) is 0 Å². The van der Waals surface area contributed by atoms with E-state index in [9.17, 15) is 4.79 Å². The predicted octanol–water partition coefficient (Wildman–Crippen LogP) is 3.34. The second-order valence-electron chi connectivity index (χ2n) is 8.67. The Morgan fingerprint density at radius 2 is 1.81 bits per heavy atom. The molecule has 2 aromatic rings. The lowest BCUT2D eigenvalue weighted by atomic mass is 10.1. The van der Waals surface area contributed by atoms with Gasteiger partial charge in [-0.05, 0) is 29.2 Å². The van der Waals surface area contributed by atoms with E-state index in [1.807, 2.05) is 29.2 Å². The highest BCUT2D eigenvalue weighted by Crippen LogP contribution is 2.31. The molecule has 1 fully saturated rings. The van der Waals surface area contributed by atoms with Gasteiger partial charge in [-0.3, -0.25) is 9.69 Å². The van der Waals surface area contributed by atoms with Crippen molar-refractivity contribution in [1.82, 2.24) is 9.80 Å². The summed E-state index contributed by atoms with van der Waals surface area (Å²) in [6.07, 6.45) is -0.437. The Labute approximate surface area is 184 Å². The van der Waals surface area contributed by atoms with Gasteiger partial charge < -0.3 is 19.1 Å². The molecule has 0 aliphatic carbocycles. The molecule has 1 amide bonds. The van der Waals surface area contributed by atoms with Crippen LogP contribution >= 0.6 is 0 Å². The molecule has 166 valence electrons. The average Bonchev–Trinajstić information content (AvgIpc) is 2.79. The Hall–Kier alpha value is -2.57. The van der Waals surface area contributed by atoms with Crippen molar-refractivity contribution in [3.8, 4) is 11.5 Å². The molecule has 0 saturated carbocycles. The summed E-state index contributed by atoms with van der Waals surface area (Å²) in [6, 6.07) is 16.3. The molecule has 0 aromatic heterocycles. The van der Waals surface area contributed by atoms with Gasteiger partial charge in [-0.2, -0.15) is 0 Å². The van der Waals surface area contributed by atoms with Crippen LogP contribution < -0.4 is 9.47 Å². The van der Waals surface area contributed by atoms with Crippen LogP contribution in [0, 0.1) is 5.92 Å². The van der Waals surface area contributed by atoms with E-state index < -0.39 is 6.10 Å². The average molecular weight is 425 g/mol. The highest BCUT2D eigenvalue weighted by atomic mass is 16.6. The topological polar surface area (TPSA) is 51.2 Å². The van der Waals surface area contributed by atoms with Gasteiger partial charge in [0, 0.05) is 32.7 Å². The lowest BCUT2D eigenvalue weighted by molar-refractivity contribution is -0.151. The lowest BCUT2D eigenvalue weighted by Crippen LogP contribution is -2.51. The third kappa shape index (κ3) is 5.77. The van der Waals surface area contributed by atoms with E-state index in [4.69, 9.17) is 14.2 Å². The van der Waals surface area contributed by atoms with Crippen molar-refractivity contribution in [3.63, 3.8) is 0 Å². The maximum atomic E-state index is 13.4. The minimum atomic E-state index is -0.437. The third-order valence-electron chi connectivity index (χ3n) is 5.55. The van der Waals surface area contributed by atoms with Gasteiger partial charge in [-0.1, -0.05) is 50.2 Å². The highest BCUT2D eigenvalue weighted by molar-refractivity contribution is 5.81. The molecule has 2 heterocycles. The zero-order valence-corrected chi connectivity index (χ0v) is 18.5. The predicted molar refractivity (Wildman–Crippen MR) is 119 cm³/mol. The van der Waals surface area contributed by atoms with Crippen LogP contribution in [0.1, 0.15) is 25.0 Å². The zero-order valence-electron chi connectivity index (χ0n) is 18.5. The number of rotatable bonds is 7. The smallest absolute Gasteiger partial charge is 0.253 e. The maximum absolute atomic E-state index is 13.4. The van der Waals surface area contributed by atoms with E-state index in [1.54, 1.807) is 0 Å². The lowest BCUT2D eigenvalue weighted by Gasteiger charge is -2.35. The molecular formula is C25H32N2O4. The van der Waals surface area contributed by atoms with Gasteiger partial charge in [0.25, 0.3) is 5.91 Å². The van der Waals surface area contributed by atoms with Crippen molar-refractivity contribution in [2.24, 2.45) is 5.92 Å². The Bertz CT molecular complexity index is 871. The van der Waals surface area contributed by atoms with Crippen molar-refractivity contribution < 1.29 is 19.0 Å². The molecule has 6 nitrogen and oxygen atoms in total. The van der Waals surface area contributed by atoms with E-state index in [0.29, 0.717) is 45.4 Å². The number of ether oxygens (including phenoxy) is 3. The number of carbonyl (C=O) groups is 1. The van der Waals surface area contributed by atoms with E-state index in [0.717, 1.165) is 30.2 Å². The fraction of sp³-hybridized carbons (Fsp3) is 0.480. The number of fused-ring (bicyclic) bond motifs is 1. The first kappa shape index (κ1) is 21.7. The Morgan fingerprint density at radius 3 is 2.58 bits per heavy atom. The number of amides is 1. The van der Waals surface area contributed by atoms with Crippen LogP contribution in [0.15, 0.2) is 48.5 Å². The van der Waals surface area contributed by atoms with Gasteiger partial charge >= 0.3 is 0 Å². The molecule has 4 rings (SSSR count). The van der Waals surface area contributed by atoms with Gasteiger partial charge in [0.15, 0.2) is 11.5 Å². The third-order valence-corrected chi connectivity index (χ3v) is 5.55. The summed E-state index contributed by atoms with van der Waals surface area (Å²) in [4.78, 5) is 17.7. The number of carbonyl (C=O) groups excluding carboxylic acids is 1. The largest absolute Gasteiger partial charge is 0.486 e.